The molecule has 1 atom stereocenters. The summed E-state index contributed by atoms with van der Waals surface area (Å²) in [6, 6.07) is 5.46. The van der Waals surface area contributed by atoms with E-state index in [1.165, 1.54) is 6.92 Å². The summed E-state index contributed by atoms with van der Waals surface area (Å²) >= 11 is 0. The molecule has 92 valence electrons. The molecule has 1 aliphatic heterocycles. The molecule has 4 nitrogen and oxygen atoms in total. The van der Waals surface area contributed by atoms with E-state index in [1.807, 2.05) is 6.07 Å². The van der Waals surface area contributed by atoms with Crippen molar-refractivity contribution in [2.45, 2.75) is 25.8 Å². The number of anilines is 2. The van der Waals surface area contributed by atoms with Gasteiger partial charge in [0.05, 0.1) is 12.1 Å². The number of carbonyl (C=O) groups excluding carboxylic acids is 1. The van der Waals surface area contributed by atoms with Crippen LogP contribution in [0.5, 0.6) is 0 Å². The van der Waals surface area contributed by atoms with Crippen molar-refractivity contribution in [1.29, 1.82) is 0 Å². The first kappa shape index (κ1) is 11.9. The topological polar surface area (TPSA) is 64.3 Å². The zero-order valence-electron chi connectivity index (χ0n) is 10.2. The number of nitrogens with two attached hydrogens (primary N) is 1. The first-order valence-electron chi connectivity index (χ1n) is 5.77. The van der Waals surface area contributed by atoms with Crippen LogP contribution < -0.4 is 11.1 Å². The van der Waals surface area contributed by atoms with E-state index in [4.69, 9.17) is 10.5 Å². The fourth-order valence-electron chi connectivity index (χ4n) is 2.05. The molecule has 0 saturated carbocycles. The summed E-state index contributed by atoms with van der Waals surface area (Å²) in [5, 5.41) is 3.41. The summed E-state index contributed by atoms with van der Waals surface area (Å²) in [6.45, 7) is 5.10. The van der Waals surface area contributed by atoms with Crippen molar-refractivity contribution in [3.8, 4) is 0 Å². The first-order chi connectivity index (χ1) is 8.00. The van der Waals surface area contributed by atoms with Gasteiger partial charge in [-0.25, -0.2) is 0 Å². The Morgan fingerprint density at radius 1 is 1.53 bits per heavy atom. The molecule has 0 spiro atoms. The minimum atomic E-state index is -0.0514. The van der Waals surface area contributed by atoms with Gasteiger partial charge in [0.15, 0.2) is 5.78 Å². The van der Waals surface area contributed by atoms with Crippen LogP contribution >= 0.6 is 0 Å². The van der Waals surface area contributed by atoms with Crippen molar-refractivity contribution in [2.24, 2.45) is 0 Å². The SMILES string of the molecule is CC(=O)c1cc(NC2(C)CCOC2)ccc1N. The second-order valence-corrected chi connectivity index (χ2v) is 4.85. The minimum Gasteiger partial charge on any atom is -0.398 e. The number of benzene rings is 1. The standard InChI is InChI=1S/C13H18N2O2/c1-9(16)11-7-10(3-4-12(11)14)15-13(2)5-6-17-8-13/h3-4,7,15H,5-6,8,14H2,1-2H3. The number of nitrogens with one attached hydrogen (secondary N) is 1. The van der Waals surface area contributed by atoms with Crippen LogP contribution in [0.1, 0.15) is 30.6 Å². The van der Waals surface area contributed by atoms with E-state index in [0.29, 0.717) is 17.9 Å². The first-order valence-corrected chi connectivity index (χ1v) is 5.77. The molecule has 1 saturated heterocycles. The maximum absolute atomic E-state index is 11.4. The van der Waals surface area contributed by atoms with Crippen molar-refractivity contribution in [2.75, 3.05) is 24.3 Å². The van der Waals surface area contributed by atoms with Gasteiger partial charge in [-0.05, 0) is 38.5 Å². The predicted molar refractivity (Wildman–Crippen MR) is 68.3 cm³/mol. The van der Waals surface area contributed by atoms with E-state index < -0.39 is 0 Å². The summed E-state index contributed by atoms with van der Waals surface area (Å²) < 4.78 is 5.38. The van der Waals surface area contributed by atoms with Crippen LogP contribution in [-0.2, 0) is 4.74 Å². The molecule has 0 radical (unpaired) electrons. The second-order valence-electron chi connectivity index (χ2n) is 4.85. The molecular formula is C13H18N2O2. The average molecular weight is 234 g/mol. The Labute approximate surface area is 101 Å². The Balaban J connectivity index is 2.22. The Kier molecular flexibility index (Phi) is 3.07. The molecule has 0 bridgehead atoms. The third-order valence-corrected chi connectivity index (χ3v) is 3.10. The lowest BCUT2D eigenvalue weighted by atomic mass is 10.0. The summed E-state index contributed by atoms with van der Waals surface area (Å²) in [5.41, 5.74) is 7.71. The predicted octanol–water partition coefficient (Wildman–Crippen LogP) is 2.06. The summed E-state index contributed by atoms with van der Waals surface area (Å²) in [7, 11) is 0. The molecule has 0 amide bonds. The molecule has 0 aromatic heterocycles. The van der Waals surface area contributed by atoms with Crippen LogP contribution in [0.4, 0.5) is 11.4 Å². The molecule has 2 rings (SSSR count). The average Bonchev–Trinajstić information content (AvgIpc) is 2.67. The number of ketones is 1. The van der Waals surface area contributed by atoms with Crippen molar-refractivity contribution in [3.63, 3.8) is 0 Å². The minimum absolute atomic E-state index is 0.0148. The van der Waals surface area contributed by atoms with E-state index >= 15 is 0 Å². The van der Waals surface area contributed by atoms with Gasteiger partial charge in [-0.15, -0.1) is 0 Å². The fraction of sp³-hybridized carbons (Fsp3) is 0.462. The molecule has 1 heterocycles. The van der Waals surface area contributed by atoms with Crippen molar-refractivity contribution in [3.05, 3.63) is 23.8 Å². The van der Waals surface area contributed by atoms with Gasteiger partial charge in [-0.1, -0.05) is 0 Å². The van der Waals surface area contributed by atoms with Gasteiger partial charge in [0.2, 0.25) is 0 Å². The summed E-state index contributed by atoms with van der Waals surface area (Å²) in [5.74, 6) is -0.0148. The molecule has 4 heteroatoms. The quantitative estimate of drug-likeness (QED) is 0.620. The Morgan fingerprint density at radius 3 is 2.88 bits per heavy atom. The van der Waals surface area contributed by atoms with Gasteiger partial charge in [0.1, 0.15) is 0 Å². The Hall–Kier alpha value is -1.55. The van der Waals surface area contributed by atoms with Crippen molar-refractivity contribution < 1.29 is 9.53 Å². The van der Waals surface area contributed by atoms with E-state index in [-0.39, 0.29) is 11.3 Å². The van der Waals surface area contributed by atoms with Crippen molar-refractivity contribution >= 4 is 17.2 Å². The van der Waals surface area contributed by atoms with E-state index in [1.54, 1.807) is 12.1 Å². The highest BCUT2D eigenvalue weighted by Gasteiger charge is 2.29. The lowest BCUT2D eigenvalue weighted by molar-refractivity contribution is 0.101. The lowest BCUT2D eigenvalue weighted by Crippen LogP contribution is -2.34. The molecular weight excluding hydrogens is 216 g/mol. The number of hydrogen-bond donors (Lipinski definition) is 2. The summed E-state index contributed by atoms with van der Waals surface area (Å²) in [4.78, 5) is 11.4. The van der Waals surface area contributed by atoms with Gasteiger partial charge in [0.25, 0.3) is 0 Å². The Bertz CT molecular complexity index is 437. The highest BCUT2D eigenvalue weighted by Crippen LogP contribution is 2.26. The van der Waals surface area contributed by atoms with Crippen LogP contribution in [0.15, 0.2) is 18.2 Å². The molecule has 1 unspecified atom stereocenters. The third kappa shape index (κ3) is 2.58. The Morgan fingerprint density at radius 2 is 2.29 bits per heavy atom. The van der Waals surface area contributed by atoms with Gasteiger partial charge < -0.3 is 15.8 Å². The smallest absolute Gasteiger partial charge is 0.161 e. The number of nitrogen functional groups attached to an aromatic ring is 1. The maximum Gasteiger partial charge on any atom is 0.161 e. The molecule has 0 aliphatic carbocycles. The number of hydrogen-bond acceptors (Lipinski definition) is 4. The summed E-state index contributed by atoms with van der Waals surface area (Å²) in [6.07, 6.45) is 0.965. The molecule has 17 heavy (non-hydrogen) atoms. The van der Waals surface area contributed by atoms with Crippen LogP contribution in [-0.4, -0.2) is 24.5 Å². The van der Waals surface area contributed by atoms with Gasteiger partial charge in [0, 0.05) is 23.5 Å². The molecule has 1 aliphatic rings. The van der Waals surface area contributed by atoms with Crippen LogP contribution in [0.2, 0.25) is 0 Å². The maximum atomic E-state index is 11.4. The monoisotopic (exact) mass is 234 g/mol. The number of ether oxygens (including phenoxy) is 1. The number of rotatable bonds is 3. The van der Waals surface area contributed by atoms with Crippen LogP contribution in [0.25, 0.3) is 0 Å². The second kappa shape index (κ2) is 4.37. The molecule has 3 N–H and O–H groups in total. The number of carbonyl (C=O) groups is 1. The van der Waals surface area contributed by atoms with Gasteiger partial charge in [-0.3, -0.25) is 4.79 Å². The van der Waals surface area contributed by atoms with Crippen LogP contribution in [0, 0.1) is 0 Å². The molecule has 1 aromatic carbocycles. The largest absolute Gasteiger partial charge is 0.398 e. The zero-order valence-corrected chi connectivity index (χ0v) is 10.2. The van der Waals surface area contributed by atoms with E-state index in [2.05, 4.69) is 12.2 Å². The van der Waals surface area contributed by atoms with Gasteiger partial charge in [-0.2, -0.15) is 0 Å². The van der Waals surface area contributed by atoms with Gasteiger partial charge >= 0.3 is 0 Å². The molecule has 1 fully saturated rings. The van der Waals surface area contributed by atoms with Crippen LogP contribution in [0.3, 0.4) is 0 Å². The molecule has 1 aromatic rings. The fourth-order valence-corrected chi connectivity index (χ4v) is 2.05. The zero-order chi connectivity index (χ0) is 12.5. The van der Waals surface area contributed by atoms with E-state index in [0.717, 1.165) is 18.7 Å². The van der Waals surface area contributed by atoms with Crippen molar-refractivity contribution in [1.82, 2.24) is 0 Å². The highest BCUT2D eigenvalue weighted by atomic mass is 16.5. The lowest BCUT2D eigenvalue weighted by Gasteiger charge is -2.25. The normalized spacial score (nSPS) is 23.6. The van der Waals surface area contributed by atoms with E-state index in [9.17, 15) is 4.79 Å². The third-order valence-electron chi connectivity index (χ3n) is 3.10. The number of Topliss-reactive ketones (excluding diaryl/α,β-unsaturated/α-hetero) is 1. The highest BCUT2D eigenvalue weighted by molar-refractivity contribution is 6.00.